The number of nitrogens with one attached hydrogen (secondary N) is 2. The molecule has 1 aliphatic heterocycles. The Morgan fingerprint density at radius 2 is 1.47 bits per heavy atom. The lowest BCUT2D eigenvalue weighted by Crippen LogP contribution is -2.46. The Labute approximate surface area is 187 Å². The van der Waals surface area contributed by atoms with Crippen molar-refractivity contribution in [2.24, 2.45) is 0 Å². The van der Waals surface area contributed by atoms with Crippen LogP contribution in [0.15, 0.2) is 72.8 Å². The van der Waals surface area contributed by atoms with Gasteiger partial charge in [0.25, 0.3) is 0 Å². The van der Waals surface area contributed by atoms with Crippen LogP contribution in [0.2, 0.25) is 0 Å². The highest BCUT2D eigenvalue weighted by molar-refractivity contribution is 5.99. The van der Waals surface area contributed by atoms with Crippen LogP contribution in [-0.4, -0.2) is 29.1 Å². The van der Waals surface area contributed by atoms with E-state index in [1.54, 1.807) is 26.0 Å². The summed E-state index contributed by atoms with van der Waals surface area (Å²) in [7, 11) is 0. The summed E-state index contributed by atoms with van der Waals surface area (Å²) >= 11 is 0. The molecule has 4 rings (SSSR count). The van der Waals surface area contributed by atoms with E-state index in [9.17, 15) is 14.7 Å². The maximum absolute atomic E-state index is 13.3. The lowest BCUT2D eigenvalue weighted by atomic mass is 9.87. The number of benzene rings is 3. The van der Waals surface area contributed by atoms with Crippen molar-refractivity contribution < 1.29 is 19.4 Å². The highest BCUT2D eigenvalue weighted by Gasteiger charge is 2.32. The van der Waals surface area contributed by atoms with Gasteiger partial charge in [-0.25, -0.2) is 0 Å². The van der Waals surface area contributed by atoms with E-state index in [4.69, 9.17) is 4.74 Å². The number of fused-ring (bicyclic) bond motifs is 2. The molecule has 2 amide bonds. The molecular formula is C26H26N2O4. The van der Waals surface area contributed by atoms with Crippen LogP contribution in [0.1, 0.15) is 36.5 Å². The molecule has 32 heavy (non-hydrogen) atoms. The van der Waals surface area contributed by atoms with Gasteiger partial charge in [0.05, 0.1) is 24.5 Å². The number of hydrogen-bond acceptors (Lipinski definition) is 4. The van der Waals surface area contributed by atoms with Crippen molar-refractivity contribution in [2.45, 2.75) is 31.7 Å². The van der Waals surface area contributed by atoms with Crippen molar-refractivity contribution in [1.29, 1.82) is 0 Å². The van der Waals surface area contributed by atoms with E-state index in [0.29, 0.717) is 17.2 Å². The molecule has 1 heterocycles. The molecule has 0 bridgehead atoms. The number of anilines is 1. The second-order valence-corrected chi connectivity index (χ2v) is 8.56. The lowest BCUT2D eigenvalue weighted by molar-refractivity contribution is -0.122. The molecule has 0 aromatic heterocycles. The average Bonchev–Trinajstić information content (AvgIpc) is 2.78. The van der Waals surface area contributed by atoms with E-state index >= 15 is 0 Å². The van der Waals surface area contributed by atoms with Gasteiger partial charge in [0.15, 0.2) is 0 Å². The normalized spacial score (nSPS) is 12.8. The first-order valence-corrected chi connectivity index (χ1v) is 10.5. The van der Waals surface area contributed by atoms with Crippen molar-refractivity contribution >= 4 is 17.5 Å². The van der Waals surface area contributed by atoms with E-state index in [1.165, 1.54) is 0 Å². The number of aliphatic hydroxyl groups excluding tert-OH is 1. The Hall–Kier alpha value is -3.64. The molecule has 6 heteroatoms. The quantitative estimate of drug-likeness (QED) is 0.552. The molecule has 1 aliphatic rings. The van der Waals surface area contributed by atoms with Crippen molar-refractivity contribution in [1.82, 2.24) is 5.32 Å². The van der Waals surface area contributed by atoms with E-state index < -0.39 is 11.5 Å². The summed E-state index contributed by atoms with van der Waals surface area (Å²) in [5.41, 5.74) is 2.45. The summed E-state index contributed by atoms with van der Waals surface area (Å²) in [6.45, 7) is 3.38. The van der Waals surface area contributed by atoms with Crippen molar-refractivity contribution in [3.05, 3.63) is 89.5 Å². The summed E-state index contributed by atoms with van der Waals surface area (Å²) in [6.07, 6.45) is 0.193. The second kappa shape index (κ2) is 8.85. The molecule has 0 spiro atoms. The number of amides is 2. The number of carbonyl (C=O) groups is 2. The number of rotatable bonds is 6. The predicted molar refractivity (Wildman–Crippen MR) is 123 cm³/mol. The zero-order chi connectivity index (χ0) is 22.7. The van der Waals surface area contributed by atoms with Crippen molar-refractivity contribution in [3.8, 4) is 11.5 Å². The first-order chi connectivity index (χ1) is 15.4. The topological polar surface area (TPSA) is 87.7 Å². The Balaban J connectivity index is 1.49. The van der Waals surface area contributed by atoms with Gasteiger partial charge in [-0.15, -0.1) is 0 Å². The number of aliphatic hydroxyl groups is 1. The van der Waals surface area contributed by atoms with Crippen LogP contribution in [0.4, 0.5) is 5.69 Å². The van der Waals surface area contributed by atoms with Gasteiger partial charge < -0.3 is 20.5 Å². The Morgan fingerprint density at radius 1 is 0.906 bits per heavy atom. The molecule has 0 atom stereocenters. The van der Waals surface area contributed by atoms with Crippen molar-refractivity contribution in [3.63, 3.8) is 0 Å². The number of carbonyl (C=O) groups excluding carboxylic acids is 2. The first kappa shape index (κ1) is 21.6. The minimum atomic E-state index is -0.665. The molecule has 0 fully saturated rings. The Kier molecular flexibility index (Phi) is 5.97. The van der Waals surface area contributed by atoms with Crippen LogP contribution in [-0.2, 0) is 16.0 Å². The van der Waals surface area contributed by atoms with Crippen LogP contribution in [0.3, 0.4) is 0 Å². The predicted octanol–water partition coefficient (Wildman–Crippen LogP) is 3.99. The van der Waals surface area contributed by atoms with Crippen LogP contribution >= 0.6 is 0 Å². The van der Waals surface area contributed by atoms with Crippen molar-refractivity contribution in [2.75, 3.05) is 11.9 Å². The van der Waals surface area contributed by atoms with Gasteiger partial charge in [-0.2, -0.15) is 0 Å². The smallest absolute Gasteiger partial charge is 0.236 e. The third kappa shape index (κ3) is 4.65. The maximum Gasteiger partial charge on any atom is 0.236 e. The monoisotopic (exact) mass is 430 g/mol. The number of ether oxygens (including phenoxy) is 1. The Bertz CT molecular complexity index is 1090. The highest BCUT2D eigenvalue weighted by atomic mass is 16.5. The van der Waals surface area contributed by atoms with Gasteiger partial charge >= 0.3 is 0 Å². The summed E-state index contributed by atoms with van der Waals surface area (Å²) in [4.78, 5) is 25.5. The van der Waals surface area contributed by atoms with Crippen LogP contribution < -0.4 is 15.4 Å². The van der Waals surface area contributed by atoms with E-state index in [1.807, 2.05) is 60.7 Å². The fourth-order valence-corrected chi connectivity index (χ4v) is 3.76. The van der Waals surface area contributed by atoms with Crippen LogP contribution in [0.5, 0.6) is 11.5 Å². The molecule has 3 N–H and O–H groups in total. The SMILES string of the molecule is CC(C)(CO)NC(=O)Cc1ccc(NC(=O)C2c3ccccc3Oc3ccccc32)cc1. The van der Waals surface area contributed by atoms with Gasteiger partial charge in [-0.3, -0.25) is 9.59 Å². The molecule has 0 aliphatic carbocycles. The molecule has 3 aromatic rings. The van der Waals surface area contributed by atoms with Gasteiger partial charge in [0.2, 0.25) is 11.8 Å². The van der Waals surface area contributed by atoms with Crippen LogP contribution in [0.25, 0.3) is 0 Å². The molecule has 0 unspecified atom stereocenters. The first-order valence-electron chi connectivity index (χ1n) is 10.5. The molecule has 0 saturated carbocycles. The fourth-order valence-electron chi connectivity index (χ4n) is 3.76. The largest absolute Gasteiger partial charge is 0.457 e. The van der Waals surface area contributed by atoms with Gasteiger partial charge in [-0.05, 0) is 43.7 Å². The molecule has 164 valence electrons. The molecular weight excluding hydrogens is 404 g/mol. The second-order valence-electron chi connectivity index (χ2n) is 8.56. The molecule has 0 saturated heterocycles. The van der Waals surface area contributed by atoms with E-state index in [0.717, 1.165) is 16.7 Å². The minimum Gasteiger partial charge on any atom is -0.457 e. The van der Waals surface area contributed by atoms with Gasteiger partial charge in [0, 0.05) is 16.8 Å². The van der Waals surface area contributed by atoms with E-state index in [2.05, 4.69) is 10.6 Å². The van der Waals surface area contributed by atoms with Gasteiger partial charge in [0.1, 0.15) is 11.5 Å². The third-order valence-corrected chi connectivity index (χ3v) is 5.40. The van der Waals surface area contributed by atoms with Crippen LogP contribution in [0, 0.1) is 0 Å². The highest BCUT2D eigenvalue weighted by Crippen LogP contribution is 2.44. The zero-order valence-corrected chi connectivity index (χ0v) is 18.1. The summed E-state index contributed by atoms with van der Waals surface area (Å²) in [5, 5.41) is 15.1. The molecule has 6 nitrogen and oxygen atoms in total. The standard InChI is InChI=1S/C26H26N2O4/c1-26(2,16-29)28-23(30)15-17-11-13-18(14-12-17)27-25(31)24-19-7-3-5-9-21(19)32-22-10-6-4-8-20(22)24/h3-14,24,29H,15-16H2,1-2H3,(H,27,31)(H,28,30). The number of para-hydroxylation sites is 2. The minimum absolute atomic E-state index is 0.137. The van der Waals surface area contributed by atoms with E-state index in [-0.39, 0.29) is 24.8 Å². The lowest BCUT2D eigenvalue weighted by Gasteiger charge is -2.27. The summed E-state index contributed by atoms with van der Waals surface area (Å²) in [6, 6.07) is 22.3. The maximum atomic E-state index is 13.3. The Morgan fingerprint density at radius 3 is 2.03 bits per heavy atom. The zero-order valence-electron chi connectivity index (χ0n) is 18.1. The van der Waals surface area contributed by atoms with Gasteiger partial charge in [-0.1, -0.05) is 48.5 Å². The number of hydrogen-bond donors (Lipinski definition) is 3. The summed E-state index contributed by atoms with van der Waals surface area (Å²) in [5.74, 6) is 0.555. The fraction of sp³-hybridized carbons (Fsp3) is 0.231. The molecule has 0 radical (unpaired) electrons. The molecule has 3 aromatic carbocycles. The summed E-state index contributed by atoms with van der Waals surface area (Å²) < 4.78 is 5.97. The average molecular weight is 431 g/mol. The third-order valence-electron chi connectivity index (χ3n) is 5.40.